The van der Waals surface area contributed by atoms with E-state index >= 15 is 0 Å². The number of esters is 2. The van der Waals surface area contributed by atoms with Gasteiger partial charge in [-0.1, -0.05) is 48.0 Å². The van der Waals surface area contributed by atoms with E-state index in [0.29, 0.717) is 6.42 Å². The third kappa shape index (κ3) is 11.3. The van der Waals surface area contributed by atoms with Gasteiger partial charge in [-0.3, -0.25) is 28.3 Å². The fourth-order valence-electron chi connectivity index (χ4n) is 7.95. The minimum Gasteiger partial charge on any atom is -0.481 e. The third-order valence-corrected chi connectivity index (χ3v) is 11.8. The molecule has 1 saturated heterocycles. The molecule has 1 aliphatic heterocycles. The molecule has 18 nitrogen and oxygen atoms in total. The van der Waals surface area contributed by atoms with Crippen LogP contribution in [0.3, 0.4) is 0 Å². The Hall–Kier alpha value is -2.46. The highest BCUT2D eigenvalue weighted by atomic mass is 32.3. The number of carbonyl (C=O) groups is 4. The largest absolute Gasteiger partial charge is 0.481 e. The van der Waals surface area contributed by atoms with Crippen molar-refractivity contribution < 1.29 is 82.6 Å². The maximum Gasteiger partial charge on any atom is 0.397 e. The molecule has 0 amide bonds. The van der Waals surface area contributed by atoms with Gasteiger partial charge in [0.25, 0.3) is 0 Å². The third-order valence-electron chi connectivity index (χ3n) is 10.9. The molecule has 3 rings (SSSR count). The van der Waals surface area contributed by atoms with E-state index in [9.17, 15) is 50.2 Å². The number of fused-ring (bicyclic) bond motifs is 1. The van der Waals surface area contributed by atoms with Gasteiger partial charge in [-0.15, -0.1) is 0 Å². The van der Waals surface area contributed by atoms with E-state index in [-0.39, 0.29) is 42.4 Å². The molecule has 0 radical (unpaired) electrons. The van der Waals surface area contributed by atoms with Gasteiger partial charge in [0.2, 0.25) is 0 Å². The van der Waals surface area contributed by atoms with Crippen LogP contribution in [0.4, 0.5) is 0 Å². The molecule has 11 unspecified atom stereocenters. The Balaban J connectivity index is 2.10. The lowest BCUT2D eigenvalue weighted by Gasteiger charge is -2.60. The van der Waals surface area contributed by atoms with Crippen LogP contribution in [0.25, 0.3) is 0 Å². The number of carbonyl (C=O) groups excluding carboxylic acids is 2. The number of carboxylic acids is 2. The molecule has 0 spiro atoms. The van der Waals surface area contributed by atoms with Crippen molar-refractivity contribution in [2.75, 3.05) is 6.61 Å². The molecule has 0 aromatic rings. The molecule has 2 saturated carbocycles. The molecule has 11 atom stereocenters. The van der Waals surface area contributed by atoms with Crippen LogP contribution in [-0.2, 0) is 67.3 Å². The Bertz CT molecular complexity index is 1500. The van der Waals surface area contributed by atoms with E-state index in [1.165, 1.54) is 0 Å². The normalized spacial score (nSPS) is 35.8. The quantitative estimate of drug-likeness (QED) is 0.0997. The molecular weight excluding hydrogens is 724 g/mol. The average molecular weight is 775 g/mol. The molecule has 1 heterocycles. The van der Waals surface area contributed by atoms with Crippen molar-refractivity contribution in [2.45, 2.75) is 130 Å². The standard InChI is InChI=1S/C31H50O18S2/c1-7-30(5)11-10-20-19(28(36)37)13-18(14-31(20,6)17(30)4)45-29-27(47-24(35)12-16(2)3)26(49-51(41,42)43)25(48-50(38,39)40)21(46-29)15-44-23(34)9-8-22(32)33/h16-21,25-27,29H,7-15H2,1-6H3,(H,32,33)(H,36,37)(H,38,39,40)(H,41,42,43). The SMILES string of the molecule is CCC1(C)CCC2C(C(=O)O)CC(OC3OC(COC(=O)CCC(=O)O)C(OS(=O)(=O)O)C(OS(=O)(=O)O)C3OC(=O)CC(C)C)CC2(C)C1C. The van der Waals surface area contributed by atoms with Crippen LogP contribution in [0.5, 0.6) is 0 Å². The van der Waals surface area contributed by atoms with Crippen LogP contribution in [0.1, 0.15) is 92.9 Å². The molecule has 4 N–H and O–H groups in total. The van der Waals surface area contributed by atoms with Gasteiger partial charge in [-0.25, -0.2) is 8.37 Å². The first kappa shape index (κ1) is 42.9. The van der Waals surface area contributed by atoms with E-state index in [4.69, 9.17) is 28.2 Å². The lowest BCUT2D eigenvalue weighted by atomic mass is 9.46. The predicted octanol–water partition coefficient (Wildman–Crippen LogP) is 2.80. The summed E-state index contributed by atoms with van der Waals surface area (Å²) in [5.41, 5.74) is -0.718. The Morgan fingerprint density at radius 1 is 0.922 bits per heavy atom. The highest BCUT2D eigenvalue weighted by Gasteiger charge is 2.59. The first-order valence-corrected chi connectivity index (χ1v) is 19.5. The molecule has 20 heteroatoms. The fraction of sp³-hybridized carbons (Fsp3) is 0.871. The maximum atomic E-state index is 13.0. The molecule has 0 aromatic carbocycles. The average Bonchev–Trinajstić information content (AvgIpc) is 2.98. The smallest absolute Gasteiger partial charge is 0.397 e. The first-order valence-electron chi connectivity index (χ1n) is 16.8. The van der Waals surface area contributed by atoms with E-state index in [1.54, 1.807) is 13.8 Å². The highest BCUT2D eigenvalue weighted by molar-refractivity contribution is 7.81. The molecule has 0 bridgehead atoms. The summed E-state index contributed by atoms with van der Waals surface area (Å²) in [6.45, 7) is 10.6. The van der Waals surface area contributed by atoms with Gasteiger partial charge >= 0.3 is 44.7 Å². The van der Waals surface area contributed by atoms with Crippen molar-refractivity contribution >= 4 is 44.7 Å². The monoisotopic (exact) mass is 774 g/mol. The van der Waals surface area contributed by atoms with Crippen LogP contribution >= 0.6 is 0 Å². The number of carboxylic acid groups (broad SMARTS) is 2. The summed E-state index contributed by atoms with van der Waals surface area (Å²) in [7, 11) is -11.0. The van der Waals surface area contributed by atoms with Crippen molar-refractivity contribution in [1.29, 1.82) is 0 Å². The molecule has 51 heavy (non-hydrogen) atoms. The van der Waals surface area contributed by atoms with E-state index < -0.39 is 112 Å². The molecular formula is C31H50O18S2. The lowest BCUT2D eigenvalue weighted by molar-refractivity contribution is -0.315. The molecule has 2 aliphatic carbocycles. The minimum absolute atomic E-state index is 0.00931. The summed E-state index contributed by atoms with van der Waals surface area (Å²) in [5.74, 6) is -5.83. The van der Waals surface area contributed by atoms with Gasteiger partial charge in [0.15, 0.2) is 18.5 Å². The van der Waals surface area contributed by atoms with Crippen LogP contribution in [0, 0.1) is 34.5 Å². The summed E-state index contributed by atoms with van der Waals surface area (Å²) in [4.78, 5) is 48.9. The van der Waals surface area contributed by atoms with Crippen LogP contribution in [-0.4, -0.2) is 103 Å². The van der Waals surface area contributed by atoms with Gasteiger partial charge in [-0.2, -0.15) is 16.8 Å². The van der Waals surface area contributed by atoms with E-state index in [2.05, 4.69) is 25.0 Å². The first-order chi connectivity index (χ1) is 23.4. The van der Waals surface area contributed by atoms with Crippen LogP contribution in [0.2, 0.25) is 0 Å². The second-order valence-electron chi connectivity index (χ2n) is 14.7. The fourth-order valence-corrected chi connectivity index (χ4v) is 8.97. The minimum atomic E-state index is -5.51. The number of hydrogen-bond donors (Lipinski definition) is 4. The van der Waals surface area contributed by atoms with Crippen molar-refractivity contribution in [1.82, 2.24) is 0 Å². The number of ether oxygens (including phenoxy) is 4. The Kier molecular flexibility index (Phi) is 14.1. The Morgan fingerprint density at radius 2 is 1.53 bits per heavy atom. The van der Waals surface area contributed by atoms with Gasteiger partial charge in [0.1, 0.15) is 18.8 Å². The van der Waals surface area contributed by atoms with Crippen molar-refractivity contribution in [3.63, 3.8) is 0 Å². The lowest BCUT2D eigenvalue weighted by Crippen LogP contribution is -2.64. The zero-order valence-corrected chi connectivity index (χ0v) is 31.1. The van der Waals surface area contributed by atoms with Gasteiger partial charge in [0, 0.05) is 6.42 Å². The summed E-state index contributed by atoms with van der Waals surface area (Å²) in [6.07, 6.45) is -10.3. The maximum absolute atomic E-state index is 13.0. The van der Waals surface area contributed by atoms with E-state index in [1.807, 2.05) is 6.92 Å². The summed E-state index contributed by atoms with van der Waals surface area (Å²) >= 11 is 0. The number of rotatable bonds is 16. The second-order valence-corrected chi connectivity index (χ2v) is 16.8. The van der Waals surface area contributed by atoms with Gasteiger partial charge < -0.3 is 29.2 Å². The van der Waals surface area contributed by atoms with Crippen molar-refractivity contribution in [3.8, 4) is 0 Å². The Morgan fingerprint density at radius 3 is 2.06 bits per heavy atom. The number of hydrogen-bond acceptors (Lipinski definition) is 14. The van der Waals surface area contributed by atoms with Crippen molar-refractivity contribution in [2.24, 2.45) is 34.5 Å². The summed E-state index contributed by atoms with van der Waals surface area (Å²) in [6, 6.07) is 0. The van der Waals surface area contributed by atoms with E-state index in [0.717, 1.165) is 12.8 Å². The summed E-state index contributed by atoms with van der Waals surface area (Å²) < 4.78 is 99.9. The number of aliphatic carboxylic acids is 2. The predicted molar refractivity (Wildman–Crippen MR) is 172 cm³/mol. The Labute approximate surface area is 297 Å². The molecule has 3 aliphatic rings. The zero-order valence-electron chi connectivity index (χ0n) is 29.5. The van der Waals surface area contributed by atoms with Crippen LogP contribution < -0.4 is 0 Å². The zero-order chi connectivity index (χ0) is 38.7. The second kappa shape index (κ2) is 16.7. The molecule has 3 fully saturated rings. The van der Waals surface area contributed by atoms with Crippen LogP contribution in [0.15, 0.2) is 0 Å². The molecule has 0 aromatic heterocycles. The summed E-state index contributed by atoms with van der Waals surface area (Å²) in [5, 5.41) is 19.2. The molecule has 294 valence electrons. The highest BCUT2D eigenvalue weighted by Crippen LogP contribution is 2.62. The van der Waals surface area contributed by atoms with Crippen molar-refractivity contribution in [3.05, 3.63) is 0 Å². The van der Waals surface area contributed by atoms with Gasteiger partial charge in [0.05, 0.1) is 24.9 Å². The topological polar surface area (TPSA) is 273 Å². The van der Waals surface area contributed by atoms with Gasteiger partial charge in [-0.05, 0) is 54.3 Å².